The van der Waals surface area contributed by atoms with Crippen LogP contribution in [0.1, 0.15) is 131 Å². The van der Waals surface area contributed by atoms with Crippen LogP contribution in [-0.2, 0) is 14.3 Å². The lowest BCUT2D eigenvalue weighted by atomic mass is 9.32. The summed E-state index contributed by atoms with van der Waals surface area (Å²) in [6, 6.07) is 0. The number of carbonyl (C=O) groups is 2. The molecule has 0 aromatic rings. The molecule has 0 N–H and O–H groups in total. The Kier molecular flexibility index (Phi) is 5.93. The van der Waals surface area contributed by atoms with E-state index in [-0.39, 0.29) is 27.6 Å². The van der Waals surface area contributed by atoms with E-state index in [1.165, 1.54) is 44.9 Å². The van der Waals surface area contributed by atoms with Gasteiger partial charge in [0, 0.05) is 11.8 Å². The molecule has 0 unspecified atom stereocenters. The smallest absolute Gasteiger partial charge is 0.306 e. The minimum atomic E-state index is -0.234. The molecule has 0 aromatic heterocycles. The molecule has 0 aromatic carbocycles. The van der Waals surface area contributed by atoms with Crippen molar-refractivity contribution in [2.24, 2.45) is 56.7 Å². The Morgan fingerprint density at radius 1 is 0.730 bits per heavy atom. The van der Waals surface area contributed by atoms with Gasteiger partial charge in [-0.05, 0) is 147 Å². The molecule has 208 valence electrons. The second kappa shape index (κ2) is 8.23. The number of carbonyl (C=O) groups excluding carboxylic acids is 2. The quantitative estimate of drug-likeness (QED) is 0.269. The molecule has 0 bridgehead atoms. The van der Waals surface area contributed by atoms with E-state index in [1.54, 1.807) is 0 Å². The highest BCUT2D eigenvalue weighted by Crippen LogP contribution is 2.77. The minimum Gasteiger partial charge on any atom is -0.459 e. The first-order valence-electron chi connectivity index (χ1n) is 15.6. The Morgan fingerprint density at radius 2 is 1.46 bits per heavy atom. The summed E-state index contributed by atoms with van der Waals surface area (Å²) in [5.41, 5.74) is 0.666. The third-order valence-electron chi connectivity index (χ3n) is 14.7. The first-order chi connectivity index (χ1) is 17.2. The monoisotopic (exact) mass is 530 g/mol. The Morgan fingerprint density at radius 3 is 2.14 bits per heavy atom. The third kappa shape index (κ3) is 3.56. The molecule has 0 heterocycles. The highest BCUT2D eigenvalue weighted by atomic mass is 35.5. The van der Waals surface area contributed by atoms with Crippen molar-refractivity contribution in [1.29, 1.82) is 0 Å². The van der Waals surface area contributed by atoms with Crippen LogP contribution in [0.4, 0.5) is 0 Å². The van der Waals surface area contributed by atoms with Gasteiger partial charge in [0.1, 0.15) is 5.60 Å². The number of ether oxygens (including phenoxy) is 1. The minimum absolute atomic E-state index is 0.0331. The van der Waals surface area contributed by atoms with Crippen LogP contribution in [0.15, 0.2) is 0 Å². The summed E-state index contributed by atoms with van der Waals surface area (Å²) < 4.78 is 5.87. The molecule has 6 fully saturated rings. The standard InChI is InChI=1S/C33H51ClO3/c1-28(2)21(20-26(35)37-29(3)16-17-29)11-14-30(4)24(28)12-15-32(6)25(30)10-9-22-23-8-7-13-33(23,27(34)36)19-18-31(22,32)5/h21-25H,7-20H2,1-6H3/t21-,22+,23+,24+,25+,30+,31+,32+,33-/m0/s1. The molecular weight excluding hydrogens is 480 g/mol. The lowest BCUT2D eigenvalue weighted by Crippen LogP contribution is -2.66. The fraction of sp³-hybridized carbons (Fsp3) is 0.939. The Labute approximate surface area is 230 Å². The highest BCUT2D eigenvalue weighted by molar-refractivity contribution is 6.64. The maximum atomic E-state index is 12.9. The first kappa shape index (κ1) is 26.6. The van der Waals surface area contributed by atoms with Crippen LogP contribution >= 0.6 is 11.6 Å². The SMILES string of the molecule is CC1(OC(=O)C[C@@H]2CC[C@]3(C)[C@H](CC[C@]4(C)[C@@H]3CC[C@@H]3[C@H]5CCC[C@]5(C(=O)Cl)CC[C@]34C)C2(C)C)CC1. The molecule has 9 atom stereocenters. The Hall–Kier alpha value is -0.570. The second-order valence-corrected chi connectivity index (χ2v) is 16.6. The zero-order chi connectivity index (χ0) is 26.6. The molecule has 0 spiro atoms. The molecule has 0 radical (unpaired) electrons. The average molecular weight is 531 g/mol. The molecule has 6 rings (SSSR count). The third-order valence-corrected chi connectivity index (χ3v) is 15.1. The van der Waals surface area contributed by atoms with Gasteiger partial charge < -0.3 is 4.74 Å². The van der Waals surface area contributed by atoms with Crippen molar-refractivity contribution in [3.05, 3.63) is 0 Å². The van der Waals surface area contributed by atoms with E-state index in [4.69, 9.17) is 16.3 Å². The van der Waals surface area contributed by atoms with Gasteiger partial charge in [-0.25, -0.2) is 0 Å². The van der Waals surface area contributed by atoms with Gasteiger partial charge in [-0.3, -0.25) is 9.59 Å². The summed E-state index contributed by atoms with van der Waals surface area (Å²) in [5, 5.41) is -0.0331. The number of hydrogen-bond acceptors (Lipinski definition) is 3. The van der Waals surface area contributed by atoms with Gasteiger partial charge in [0.05, 0.1) is 0 Å². The largest absolute Gasteiger partial charge is 0.459 e. The predicted octanol–water partition coefficient (Wildman–Crippen LogP) is 8.71. The van der Waals surface area contributed by atoms with Gasteiger partial charge in [0.2, 0.25) is 5.24 Å². The van der Waals surface area contributed by atoms with Crippen LogP contribution in [0.3, 0.4) is 0 Å². The van der Waals surface area contributed by atoms with Crippen LogP contribution in [0, 0.1) is 56.7 Å². The fourth-order valence-corrected chi connectivity index (χ4v) is 12.5. The predicted molar refractivity (Wildman–Crippen MR) is 148 cm³/mol. The van der Waals surface area contributed by atoms with E-state index in [9.17, 15) is 9.59 Å². The molecule has 0 aliphatic heterocycles. The molecule has 6 aliphatic carbocycles. The number of halogens is 1. The summed E-state index contributed by atoms with van der Waals surface area (Å²) in [7, 11) is 0. The summed E-state index contributed by atoms with van der Waals surface area (Å²) in [6.45, 7) is 14.9. The number of fused-ring (bicyclic) bond motifs is 7. The van der Waals surface area contributed by atoms with E-state index in [1.807, 2.05) is 0 Å². The van der Waals surface area contributed by atoms with Crippen molar-refractivity contribution >= 4 is 22.8 Å². The molecular formula is C33H51ClO3. The topological polar surface area (TPSA) is 43.4 Å². The maximum Gasteiger partial charge on any atom is 0.306 e. The summed E-state index contributed by atoms with van der Waals surface area (Å²) in [4.78, 5) is 25.7. The molecule has 4 heteroatoms. The molecule has 0 saturated heterocycles. The molecule has 3 nitrogen and oxygen atoms in total. The molecule has 6 saturated carbocycles. The van der Waals surface area contributed by atoms with Gasteiger partial charge >= 0.3 is 5.97 Å². The van der Waals surface area contributed by atoms with Crippen molar-refractivity contribution in [2.45, 2.75) is 137 Å². The number of esters is 1. The van der Waals surface area contributed by atoms with Crippen molar-refractivity contribution in [1.82, 2.24) is 0 Å². The number of rotatable bonds is 4. The van der Waals surface area contributed by atoms with Gasteiger partial charge in [-0.15, -0.1) is 0 Å². The van der Waals surface area contributed by atoms with Crippen molar-refractivity contribution in [3.8, 4) is 0 Å². The van der Waals surface area contributed by atoms with Crippen LogP contribution < -0.4 is 0 Å². The van der Waals surface area contributed by atoms with Gasteiger partial charge in [0.25, 0.3) is 0 Å². The average Bonchev–Trinajstić information content (AvgIpc) is 3.35. The molecule has 6 aliphatic rings. The number of hydrogen-bond donors (Lipinski definition) is 0. The second-order valence-electron chi connectivity index (χ2n) is 16.3. The van der Waals surface area contributed by atoms with Gasteiger partial charge in [-0.2, -0.15) is 0 Å². The Bertz CT molecular complexity index is 984. The summed E-state index contributed by atoms with van der Waals surface area (Å²) in [6.07, 6.45) is 15.7. The zero-order valence-electron chi connectivity index (χ0n) is 24.4. The highest BCUT2D eigenvalue weighted by Gasteiger charge is 2.70. The molecule has 0 amide bonds. The van der Waals surface area contributed by atoms with Crippen molar-refractivity contribution in [3.63, 3.8) is 0 Å². The van der Waals surface area contributed by atoms with E-state index in [2.05, 4.69) is 41.5 Å². The van der Waals surface area contributed by atoms with E-state index >= 15 is 0 Å². The lowest BCUT2D eigenvalue weighted by molar-refractivity contribution is -0.239. The molecule has 37 heavy (non-hydrogen) atoms. The lowest BCUT2D eigenvalue weighted by Gasteiger charge is -2.72. The summed E-state index contributed by atoms with van der Waals surface area (Å²) >= 11 is 6.36. The normalized spacial score (nSPS) is 51.2. The van der Waals surface area contributed by atoms with Crippen LogP contribution in [0.2, 0.25) is 0 Å². The van der Waals surface area contributed by atoms with Crippen molar-refractivity contribution in [2.75, 3.05) is 0 Å². The van der Waals surface area contributed by atoms with Gasteiger partial charge in [0.15, 0.2) is 0 Å². The van der Waals surface area contributed by atoms with Crippen LogP contribution in [0.25, 0.3) is 0 Å². The van der Waals surface area contributed by atoms with Gasteiger partial charge in [-0.1, -0.05) is 41.0 Å². The zero-order valence-corrected chi connectivity index (χ0v) is 25.1. The Balaban J connectivity index is 1.26. The first-order valence-corrected chi connectivity index (χ1v) is 16.0. The van der Waals surface area contributed by atoms with E-state index in [0.29, 0.717) is 46.3 Å². The fourth-order valence-electron chi connectivity index (χ4n) is 12.1. The maximum absolute atomic E-state index is 12.9. The van der Waals surface area contributed by atoms with E-state index < -0.39 is 0 Å². The van der Waals surface area contributed by atoms with Crippen molar-refractivity contribution < 1.29 is 14.3 Å². The van der Waals surface area contributed by atoms with Crippen LogP contribution in [0.5, 0.6) is 0 Å². The van der Waals surface area contributed by atoms with E-state index in [0.717, 1.165) is 44.4 Å². The van der Waals surface area contributed by atoms with Crippen LogP contribution in [-0.4, -0.2) is 16.8 Å². The summed E-state index contributed by atoms with van der Waals surface area (Å²) in [5.74, 6) is 2.95.